The molecule has 5 heteroatoms. The maximum atomic E-state index is 13.1. The standard InChI is InChI=1S/C23H22N2O3/c1-3-28-23(27)19-14-25(22(26)16-9-5-4-6-10-16)15(2)13-18-17-11-7-8-12-20(17)24-21(18)19/h4-12,14-15,24H,3,13H2,1-2H3. The molecule has 0 aliphatic carbocycles. The fraction of sp³-hybridized carbons (Fsp3) is 0.217. The average molecular weight is 374 g/mol. The topological polar surface area (TPSA) is 62.4 Å². The van der Waals surface area contributed by atoms with Crippen LogP contribution in [0.25, 0.3) is 16.5 Å². The van der Waals surface area contributed by atoms with Gasteiger partial charge >= 0.3 is 5.97 Å². The molecule has 3 aromatic rings. The Labute approximate surface area is 163 Å². The maximum absolute atomic E-state index is 13.1. The molecule has 0 fully saturated rings. The predicted octanol–water partition coefficient (Wildman–Crippen LogP) is 4.16. The lowest BCUT2D eigenvalue weighted by Gasteiger charge is -2.25. The number of hydrogen-bond acceptors (Lipinski definition) is 3. The Kier molecular flexibility index (Phi) is 4.74. The van der Waals surface area contributed by atoms with Crippen LogP contribution in [0.3, 0.4) is 0 Å². The van der Waals surface area contributed by atoms with Crippen molar-refractivity contribution in [3.63, 3.8) is 0 Å². The molecule has 0 saturated heterocycles. The summed E-state index contributed by atoms with van der Waals surface area (Å²) in [5.41, 5.74) is 3.70. The molecular weight excluding hydrogens is 352 g/mol. The summed E-state index contributed by atoms with van der Waals surface area (Å²) in [6, 6.07) is 17.0. The molecule has 1 aromatic heterocycles. The molecule has 0 bridgehead atoms. The molecule has 28 heavy (non-hydrogen) atoms. The molecule has 142 valence electrons. The van der Waals surface area contributed by atoms with Crippen LogP contribution in [0.4, 0.5) is 0 Å². The fourth-order valence-electron chi connectivity index (χ4n) is 3.72. The first-order valence-electron chi connectivity index (χ1n) is 9.46. The van der Waals surface area contributed by atoms with Gasteiger partial charge < -0.3 is 14.6 Å². The van der Waals surface area contributed by atoms with Crippen molar-refractivity contribution in [1.29, 1.82) is 0 Å². The third kappa shape index (κ3) is 3.09. The van der Waals surface area contributed by atoms with Crippen molar-refractivity contribution in [2.45, 2.75) is 26.3 Å². The van der Waals surface area contributed by atoms with Gasteiger partial charge in [0.2, 0.25) is 0 Å². The number of rotatable bonds is 3. The van der Waals surface area contributed by atoms with Gasteiger partial charge in [-0.2, -0.15) is 0 Å². The summed E-state index contributed by atoms with van der Waals surface area (Å²) in [5.74, 6) is -0.570. The highest BCUT2D eigenvalue weighted by Gasteiger charge is 2.31. The molecule has 1 atom stereocenters. The zero-order valence-electron chi connectivity index (χ0n) is 15.9. The monoisotopic (exact) mass is 374 g/mol. The Bertz CT molecular complexity index is 1070. The summed E-state index contributed by atoms with van der Waals surface area (Å²) >= 11 is 0. The number of hydrogen-bond donors (Lipinski definition) is 1. The van der Waals surface area contributed by atoms with Crippen molar-refractivity contribution in [3.8, 4) is 0 Å². The van der Waals surface area contributed by atoms with Crippen LogP contribution in [-0.4, -0.2) is 34.4 Å². The fourth-order valence-corrected chi connectivity index (χ4v) is 3.72. The van der Waals surface area contributed by atoms with Crippen molar-refractivity contribution >= 4 is 28.4 Å². The highest BCUT2D eigenvalue weighted by atomic mass is 16.5. The van der Waals surface area contributed by atoms with Gasteiger partial charge in [0.25, 0.3) is 5.91 Å². The average Bonchev–Trinajstić information content (AvgIpc) is 2.99. The molecular formula is C23H22N2O3. The number of nitrogens with one attached hydrogen (secondary N) is 1. The second-order valence-electron chi connectivity index (χ2n) is 6.92. The van der Waals surface area contributed by atoms with Crippen molar-refractivity contribution < 1.29 is 14.3 Å². The van der Waals surface area contributed by atoms with E-state index in [0.717, 1.165) is 22.2 Å². The molecule has 1 aliphatic heterocycles. The van der Waals surface area contributed by atoms with E-state index in [9.17, 15) is 9.59 Å². The molecule has 2 heterocycles. The summed E-state index contributed by atoms with van der Waals surface area (Å²) in [5, 5.41) is 1.06. The molecule has 1 aliphatic rings. The number of para-hydroxylation sites is 1. The molecule has 2 aromatic carbocycles. The Hall–Kier alpha value is -3.34. The van der Waals surface area contributed by atoms with Crippen molar-refractivity contribution in [2.24, 2.45) is 0 Å². The SMILES string of the molecule is CCOC(=O)C1=CN(C(=O)c2ccccc2)C(C)Cc2c1[nH]c1ccccc21. The van der Waals surface area contributed by atoms with Gasteiger partial charge in [0.1, 0.15) is 0 Å². The van der Waals surface area contributed by atoms with Gasteiger partial charge in [0, 0.05) is 28.7 Å². The lowest BCUT2D eigenvalue weighted by Crippen LogP contribution is -2.35. The second-order valence-corrected chi connectivity index (χ2v) is 6.92. The molecule has 0 saturated carbocycles. The van der Waals surface area contributed by atoms with Crippen LogP contribution in [0, 0.1) is 0 Å². The third-order valence-corrected chi connectivity index (χ3v) is 5.08. The smallest absolute Gasteiger partial charge is 0.341 e. The minimum absolute atomic E-state index is 0.113. The van der Waals surface area contributed by atoms with Gasteiger partial charge in [-0.3, -0.25) is 4.79 Å². The minimum Gasteiger partial charge on any atom is -0.462 e. The van der Waals surface area contributed by atoms with Crippen LogP contribution < -0.4 is 0 Å². The summed E-state index contributed by atoms with van der Waals surface area (Å²) in [6.07, 6.45) is 2.27. The van der Waals surface area contributed by atoms with Crippen molar-refractivity contribution in [3.05, 3.63) is 77.6 Å². The Balaban J connectivity index is 1.86. The van der Waals surface area contributed by atoms with Crippen LogP contribution in [0.1, 0.15) is 35.5 Å². The number of amides is 1. The zero-order chi connectivity index (χ0) is 19.7. The molecule has 1 amide bonds. The van der Waals surface area contributed by atoms with E-state index in [0.29, 0.717) is 17.6 Å². The van der Waals surface area contributed by atoms with Crippen molar-refractivity contribution in [2.75, 3.05) is 6.61 Å². The number of carbonyl (C=O) groups excluding carboxylic acids is 2. The first kappa shape index (κ1) is 18.0. The number of aromatic nitrogens is 1. The van der Waals surface area contributed by atoms with E-state index >= 15 is 0 Å². The van der Waals surface area contributed by atoms with Gasteiger partial charge in [-0.25, -0.2) is 4.79 Å². The third-order valence-electron chi connectivity index (χ3n) is 5.08. The lowest BCUT2D eigenvalue weighted by molar-refractivity contribution is -0.136. The highest BCUT2D eigenvalue weighted by Crippen LogP contribution is 2.33. The largest absolute Gasteiger partial charge is 0.462 e. The quantitative estimate of drug-likeness (QED) is 0.700. The summed E-state index contributed by atoms with van der Waals surface area (Å²) in [6.45, 7) is 4.04. The van der Waals surface area contributed by atoms with Crippen LogP contribution in [-0.2, 0) is 16.0 Å². The second kappa shape index (κ2) is 7.35. The zero-order valence-corrected chi connectivity index (χ0v) is 15.9. The number of nitrogens with zero attached hydrogens (tertiary/aromatic N) is 1. The van der Waals surface area contributed by atoms with Crippen molar-refractivity contribution in [1.82, 2.24) is 9.88 Å². The summed E-state index contributed by atoms with van der Waals surface area (Å²) in [7, 11) is 0. The number of carbonyl (C=O) groups is 2. The van der Waals surface area contributed by atoms with E-state index in [2.05, 4.69) is 4.98 Å². The number of aromatic amines is 1. The van der Waals surface area contributed by atoms with Gasteiger partial charge in [-0.05, 0) is 44.0 Å². The predicted molar refractivity (Wildman–Crippen MR) is 109 cm³/mol. The molecule has 0 spiro atoms. The van der Waals surface area contributed by atoms with Gasteiger partial charge in [0.15, 0.2) is 0 Å². The molecule has 0 radical (unpaired) electrons. The van der Waals surface area contributed by atoms with Gasteiger partial charge in [0.05, 0.1) is 17.9 Å². The van der Waals surface area contributed by atoms with E-state index < -0.39 is 5.97 Å². The maximum Gasteiger partial charge on any atom is 0.341 e. The van der Waals surface area contributed by atoms with E-state index in [1.54, 1.807) is 30.2 Å². The summed E-state index contributed by atoms with van der Waals surface area (Å²) in [4.78, 5) is 30.9. The molecule has 1 unspecified atom stereocenters. The van der Waals surface area contributed by atoms with Crippen LogP contribution in [0.5, 0.6) is 0 Å². The number of esters is 1. The molecule has 4 rings (SSSR count). The van der Waals surface area contributed by atoms with Gasteiger partial charge in [-0.15, -0.1) is 0 Å². The van der Waals surface area contributed by atoms with E-state index in [1.807, 2.05) is 49.4 Å². The molecule has 5 nitrogen and oxygen atoms in total. The number of fused-ring (bicyclic) bond motifs is 3. The van der Waals surface area contributed by atoms with Crippen LogP contribution in [0.2, 0.25) is 0 Å². The number of ether oxygens (including phenoxy) is 1. The first-order chi connectivity index (χ1) is 13.6. The minimum atomic E-state index is -0.435. The van der Waals surface area contributed by atoms with E-state index in [4.69, 9.17) is 4.74 Å². The Morgan fingerprint density at radius 3 is 2.57 bits per heavy atom. The van der Waals surface area contributed by atoms with E-state index in [-0.39, 0.29) is 18.6 Å². The van der Waals surface area contributed by atoms with E-state index in [1.165, 1.54) is 0 Å². The lowest BCUT2D eigenvalue weighted by atomic mass is 10.0. The Morgan fingerprint density at radius 2 is 1.82 bits per heavy atom. The van der Waals surface area contributed by atoms with Crippen LogP contribution >= 0.6 is 0 Å². The summed E-state index contributed by atoms with van der Waals surface area (Å²) < 4.78 is 5.29. The number of benzene rings is 2. The highest BCUT2D eigenvalue weighted by molar-refractivity contribution is 6.18. The van der Waals surface area contributed by atoms with Gasteiger partial charge in [-0.1, -0.05) is 36.4 Å². The number of H-pyrrole nitrogens is 1. The molecule has 1 N–H and O–H groups in total. The first-order valence-corrected chi connectivity index (χ1v) is 9.46. The normalized spacial score (nSPS) is 16.3. The van der Waals surface area contributed by atoms with Crippen LogP contribution in [0.15, 0.2) is 60.8 Å². The Morgan fingerprint density at radius 1 is 1.11 bits per heavy atom.